The van der Waals surface area contributed by atoms with Crippen LogP contribution in [-0.4, -0.2) is 38.6 Å². The normalized spacial score (nSPS) is 10.3. The van der Waals surface area contributed by atoms with Crippen molar-refractivity contribution in [2.24, 2.45) is 0 Å². The zero-order valence-electron chi connectivity index (χ0n) is 8.84. The van der Waals surface area contributed by atoms with Gasteiger partial charge in [0.25, 0.3) is 0 Å². The highest BCUT2D eigenvalue weighted by molar-refractivity contribution is 4.68. The van der Waals surface area contributed by atoms with E-state index in [2.05, 4.69) is 23.3 Å². The fraction of sp³-hybridized carbons (Fsp3) is 0.900. The third-order valence-electron chi connectivity index (χ3n) is 2.05. The average molecular weight is 183 g/mol. The summed E-state index contributed by atoms with van der Waals surface area (Å²) in [5, 5.41) is 11.5. The van der Waals surface area contributed by atoms with Gasteiger partial charge >= 0.3 is 0 Å². The molecule has 0 rings (SSSR count). The second-order valence-corrected chi connectivity index (χ2v) is 3.38. The van der Waals surface area contributed by atoms with E-state index in [4.69, 9.17) is 5.26 Å². The number of nitrogens with zero attached hydrogens (tertiary/aromatic N) is 2. The second-order valence-electron chi connectivity index (χ2n) is 3.38. The Morgan fingerprint density at radius 3 is 2.54 bits per heavy atom. The number of nitriles is 1. The van der Waals surface area contributed by atoms with Crippen LogP contribution in [-0.2, 0) is 0 Å². The van der Waals surface area contributed by atoms with Crippen LogP contribution in [0.3, 0.4) is 0 Å². The predicted molar refractivity (Wildman–Crippen MR) is 55.5 cm³/mol. The fourth-order valence-electron chi connectivity index (χ4n) is 1.22. The largest absolute Gasteiger partial charge is 0.320 e. The molecule has 0 radical (unpaired) electrons. The SMILES string of the molecule is CNCCCN(C)CCCCC#N. The van der Waals surface area contributed by atoms with Crippen molar-refractivity contribution in [3.05, 3.63) is 0 Å². The molecule has 0 bridgehead atoms. The van der Waals surface area contributed by atoms with E-state index in [0.717, 1.165) is 32.5 Å². The minimum absolute atomic E-state index is 0.699. The van der Waals surface area contributed by atoms with Gasteiger partial charge in [-0.2, -0.15) is 5.26 Å². The van der Waals surface area contributed by atoms with Crippen molar-refractivity contribution in [1.29, 1.82) is 5.26 Å². The molecule has 0 aliphatic heterocycles. The quantitative estimate of drug-likeness (QED) is 0.575. The molecule has 76 valence electrons. The Balaban J connectivity index is 3.11. The number of rotatable bonds is 8. The molecule has 0 heterocycles. The fourth-order valence-corrected chi connectivity index (χ4v) is 1.22. The van der Waals surface area contributed by atoms with Gasteiger partial charge in [0.1, 0.15) is 0 Å². The highest BCUT2D eigenvalue weighted by Gasteiger charge is 1.96. The van der Waals surface area contributed by atoms with Crippen LogP contribution in [0.4, 0.5) is 0 Å². The van der Waals surface area contributed by atoms with E-state index in [-0.39, 0.29) is 0 Å². The lowest BCUT2D eigenvalue weighted by Crippen LogP contribution is -2.23. The highest BCUT2D eigenvalue weighted by atomic mass is 15.1. The zero-order valence-corrected chi connectivity index (χ0v) is 8.84. The van der Waals surface area contributed by atoms with Gasteiger partial charge in [0, 0.05) is 6.42 Å². The van der Waals surface area contributed by atoms with Crippen LogP contribution in [0.15, 0.2) is 0 Å². The topological polar surface area (TPSA) is 39.1 Å². The van der Waals surface area contributed by atoms with Crippen LogP contribution in [0, 0.1) is 11.3 Å². The average Bonchev–Trinajstić information content (AvgIpc) is 2.13. The molecule has 0 aliphatic carbocycles. The Bertz CT molecular complexity index is 140. The van der Waals surface area contributed by atoms with Crippen molar-refractivity contribution in [2.45, 2.75) is 25.7 Å². The minimum atomic E-state index is 0.699. The lowest BCUT2D eigenvalue weighted by Gasteiger charge is -2.15. The van der Waals surface area contributed by atoms with Crippen molar-refractivity contribution < 1.29 is 0 Å². The maximum atomic E-state index is 8.33. The number of nitrogens with one attached hydrogen (secondary N) is 1. The minimum Gasteiger partial charge on any atom is -0.320 e. The summed E-state index contributed by atoms with van der Waals surface area (Å²) in [5.74, 6) is 0. The molecule has 0 unspecified atom stereocenters. The monoisotopic (exact) mass is 183 g/mol. The third kappa shape index (κ3) is 9.32. The van der Waals surface area contributed by atoms with Gasteiger partial charge in [0.15, 0.2) is 0 Å². The zero-order chi connectivity index (χ0) is 9.94. The van der Waals surface area contributed by atoms with Gasteiger partial charge in [0.05, 0.1) is 6.07 Å². The molecule has 0 aromatic rings. The summed E-state index contributed by atoms with van der Waals surface area (Å²) in [6, 6.07) is 2.17. The van der Waals surface area contributed by atoms with Crippen LogP contribution in [0.25, 0.3) is 0 Å². The Kier molecular flexibility index (Phi) is 9.07. The van der Waals surface area contributed by atoms with Crippen LogP contribution in [0.5, 0.6) is 0 Å². The molecule has 0 aliphatic rings. The molecular weight excluding hydrogens is 162 g/mol. The smallest absolute Gasteiger partial charge is 0.0621 e. The molecule has 0 fully saturated rings. The van der Waals surface area contributed by atoms with Gasteiger partial charge in [-0.05, 0) is 53.0 Å². The molecule has 0 aromatic heterocycles. The molecule has 1 N–H and O–H groups in total. The standard InChI is InChI=1S/C10H21N3/c1-12-8-6-10-13(2)9-5-3-4-7-11/h12H,3-6,8-10H2,1-2H3. The van der Waals surface area contributed by atoms with E-state index in [1.54, 1.807) is 0 Å². The van der Waals surface area contributed by atoms with Gasteiger partial charge in [0.2, 0.25) is 0 Å². The molecule has 0 saturated carbocycles. The summed E-state index contributed by atoms with van der Waals surface area (Å²) in [7, 11) is 4.12. The van der Waals surface area contributed by atoms with Gasteiger partial charge in [-0.15, -0.1) is 0 Å². The van der Waals surface area contributed by atoms with Crippen molar-refractivity contribution in [3.8, 4) is 6.07 Å². The molecular formula is C10H21N3. The third-order valence-corrected chi connectivity index (χ3v) is 2.05. The maximum absolute atomic E-state index is 8.33. The van der Waals surface area contributed by atoms with Crippen molar-refractivity contribution in [2.75, 3.05) is 33.7 Å². The summed E-state index contributed by atoms with van der Waals surface area (Å²) in [6.07, 6.45) is 4.08. The first kappa shape index (κ1) is 12.4. The summed E-state index contributed by atoms with van der Waals surface area (Å²) in [4.78, 5) is 2.33. The van der Waals surface area contributed by atoms with E-state index < -0.39 is 0 Å². The molecule has 0 amide bonds. The summed E-state index contributed by atoms with van der Waals surface area (Å²) < 4.78 is 0. The number of hydrogen-bond acceptors (Lipinski definition) is 3. The van der Waals surface area contributed by atoms with E-state index in [1.165, 1.54) is 6.42 Å². The molecule has 0 atom stereocenters. The van der Waals surface area contributed by atoms with E-state index in [0.29, 0.717) is 6.42 Å². The first-order valence-corrected chi connectivity index (χ1v) is 5.01. The van der Waals surface area contributed by atoms with Crippen LogP contribution < -0.4 is 5.32 Å². The van der Waals surface area contributed by atoms with E-state index in [9.17, 15) is 0 Å². The first-order valence-electron chi connectivity index (χ1n) is 5.01. The lowest BCUT2D eigenvalue weighted by molar-refractivity contribution is 0.321. The first-order chi connectivity index (χ1) is 6.31. The van der Waals surface area contributed by atoms with E-state index >= 15 is 0 Å². The Morgan fingerprint density at radius 1 is 1.23 bits per heavy atom. The lowest BCUT2D eigenvalue weighted by atomic mass is 10.2. The van der Waals surface area contributed by atoms with Gasteiger partial charge in [-0.1, -0.05) is 0 Å². The van der Waals surface area contributed by atoms with Gasteiger partial charge < -0.3 is 10.2 Å². The maximum Gasteiger partial charge on any atom is 0.0621 e. The predicted octanol–water partition coefficient (Wildman–Crippen LogP) is 1.22. The van der Waals surface area contributed by atoms with Crippen LogP contribution >= 0.6 is 0 Å². The van der Waals surface area contributed by atoms with Gasteiger partial charge in [-0.25, -0.2) is 0 Å². The molecule has 13 heavy (non-hydrogen) atoms. The van der Waals surface area contributed by atoms with Crippen molar-refractivity contribution in [3.63, 3.8) is 0 Å². The second kappa shape index (κ2) is 9.50. The number of unbranched alkanes of at least 4 members (excludes halogenated alkanes) is 2. The van der Waals surface area contributed by atoms with Gasteiger partial charge in [-0.3, -0.25) is 0 Å². The van der Waals surface area contributed by atoms with Crippen molar-refractivity contribution in [1.82, 2.24) is 10.2 Å². The molecule has 0 spiro atoms. The highest BCUT2D eigenvalue weighted by Crippen LogP contribution is 1.96. The summed E-state index contributed by atoms with van der Waals surface area (Å²) >= 11 is 0. The van der Waals surface area contributed by atoms with Crippen molar-refractivity contribution >= 4 is 0 Å². The number of hydrogen-bond donors (Lipinski definition) is 1. The molecule has 3 heteroatoms. The Morgan fingerprint density at radius 2 is 1.92 bits per heavy atom. The Hall–Kier alpha value is -0.590. The van der Waals surface area contributed by atoms with E-state index in [1.807, 2.05) is 7.05 Å². The Labute approximate surface area is 81.7 Å². The summed E-state index contributed by atoms with van der Waals surface area (Å²) in [6.45, 7) is 3.35. The van der Waals surface area contributed by atoms with Crippen LogP contribution in [0.2, 0.25) is 0 Å². The molecule has 3 nitrogen and oxygen atoms in total. The molecule has 0 saturated heterocycles. The summed E-state index contributed by atoms with van der Waals surface area (Å²) in [5.41, 5.74) is 0. The molecule has 0 aromatic carbocycles. The van der Waals surface area contributed by atoms with Crippen LogP contribution in [0.1, 0.15) is 25.7 Å².